The fourth-order valence-electron chi connectivity index (χ4n) is 2.67. The first-order valence-corrected chi connectivity index (χ1v) is 6.06. The van der Waals surface area contributed by atoms with Gasteiger partial charge in [-0.2, -0.15) is 13.2 Å². The van der Waals surface area contributed by atoms with Crippen molar-refractivity contribution in [1.29, 1.82) is 0 Å². The first-order chi connectivity index (χ1) is 7.97. The van der Waals surface area contributed by atoms with Crippen LogP contribution >= 0.6 is 0 Å². The van der Waals surface area contributed by atoms with E-state index in [-0.39, 0.29) is 24.8 Å². The maximum atomic E-state index is 12.5. The van der Waals surface area contributed by atoms with E-state index in [9.17, 15) is 18.0 Å². The number of nitrogens with one attached hydrogen (secondary N) is 1. The highest BCUT2D eigenvalue weighted by molar-refractivity contribution is 5.76. The molecule has 0 atom stereocenters. The number of carbonyl (C=O) groups is 1. The van der Waals surface area contributed by atoms with Crippen molar-refractivity contribution in [2.45, 2.75) is 31.9 Å². The molecular formula is C11H17F3N2O. The second kappa shape index (κ2) is 4.74. The van der Waals surface area contributed by atoms with Gasteiger partial charge in [-0.05, 0) is 31.6 Å². The third kappa shape index (κ3) is 3.04. The van der Waals surface area contributed by atoms with E-state index in [1.54, 1.807) is 4.90 Å². The SMILES string of the molecule is O=C1NCCN1CC1CCC(C(F)(F)F)CC1. The van der Waals surface area contributed by atoms with Gasteiger partial charge in [0.05, 0.1) is 5.92 Å². The van der Waals surface area contributed by atoms with E-state index in [1.165, 1.54) is 0 Å². The van der Waals surface area contributed by atoms with Crippen LogP contribution in [0, 0.1) is 11.8 Å². The lowest BCUT2D eigenvalue weighted by Gasteiger charge is -2.31. The maximum absolute atomic E-state index is 12.5. The van der Waals surface area contributed by atoms with Crippen LogP contribution in [0.1, 0.15) is 25.7 Å². The highest BCUT2D eigenvalue weighted by Gasteiger charge is 2.41. The molecule has 0 aromatic rings. The van der Waals surface area contributed by atoms with E-state index in [1.807, 2.05) is 0 Å². The smallest absolute Gasteiger partial charge is 0.336 e. The minimum atomic E-state index is -4.05. The molecule has 2 rings (SSSR count). The molecule has 0 aromatic heterocycles. The summed E-state index contributed by atoms with van der Waals surface area (Å²) in [6.45, 7) is 1.94. The molecule has 2 amide bonds. The zero-order valence-electron chi connectivity index (χ0n) is 9.59. The molecule has 0 radical (unpaired) electrons. The van der Waals surface area contributed by atoms with Crippen molar-refractivity contribution >= 4 is 6.03 Å². The molecule has 0 bridgehead atoms. The average Bonchev–Trinajstić information content (AvgIpc) is 2.64. The van der Waals surface area contributed by atoms with Gasteiger partial charge in [0, 0.05) is 19.6 Å². The van der Waals surface area contributed by atoms with Crippen LogP contribution in [0.5, 0.6) is 0 Å². The number of rotatable bonds is 2. The Balaban J connectivity index is 1.77. The molecule has 2 fully saturated rings. The van der Waals surface area contributed by atoms with Crippen LogP contribution in [0.2, 0.25) is 0 Å². The average molecular weight is 250 g/mol. The highest BCUT2D eigenvalue weighted by atomic mass is 19.4. The Morgan fingerprint density at radius 2 is 1.88 bits per heavy atom. The minimum absolute atomic E-state index is 0.0806. The summed E-state index contributed by atoms with van der Waals surface area (Å²) < 4.78 is 37.4. The van der Waals surface area contributed by atoms with Crippen molar-refractivity contribution in [1.82, 2.24) is 10.2 Å². The van der Waals surface area contributed by atoms with Crippen molar-refractivity contribution in [3.05, 3.63) is 0 Å². The molecule has 0 aromatic carbocycles. The molecule has 0 unspecified atom stereocenters. The molecule has 1 aliphatic carbocycles. The Hall–Kier alpha value is -0.940. The molecule has 0 spiro atoms. The van der Waals surface area contributed by atoms with E-state index in [0.29, 0.717) is 32.5 Å². The molecule has 17 heavy (non-hydrogen) atoms. The number of hydrogen-bond acceptors (Lipinski definition) is 1. The van der Waals surface area contributed by atoms with Crippen molar-refractivity contribution < 1.29 is 18.0 Å². The van der Waals surface area contributed by atoms with E-state index < -0.39 is 12.1 Å². The van der Waals surface area contributed by atoms with E-state index in [2.05, 4.69) is 5.32 Å². The summed E-state index contributed by atoms with van der Waals surface area (Å²) in [7, 11) is 0. The topological polar surface area (TPSA) is 32.3 Å². The number of alkyl halides is 3. The minimum Gasteiger partial charge on any atom is -0.336 e. The molecule has 98 valence electrons. The standard InChI is InChI=1S/C11H17F3N2O/c12-11(13,14)9-3-1-8(2-4-9)7-16-6-5-15-10(16)17/h8-9H,1-7H2,(H,15,17). The first kappa shape index (κ1) is 12.5. The van der Waals surface area contributed by atoms with Gasteiger partial charge in [0.1, 0.15) is 0 Å². The number of amides is 2. The van der Waals surface area contributed by atoms with Crippen LogP contribution in [0.15, 0.2) is 0 Å². The lowest BCUT2D eigenvalue weighted by molar-refractivity contribution is -0.184. The summed E-state index contributed by atoms with van der Waals surface area (Å²) in [6, 6.07) is -0.0806. The van der Waals surface area contributed by atoms with Gasteiger partial charge in [0.25, 0.3) is 0 Å². The summed E-state index contributed by atoms with van der Waals surface area (Å²) in [5, 5.41) is 2.70. The van der Waals surface area contributed by atoms with Crippen LogP contribution in [0.25, 0.3) is 0 Å². The quantitative estimate of drug-likeness (QED) is 0.801. The molecule has 3 nitrogen and oxygen atoms in total. The van der Waals surface area contributed by atoms with Gasteiger partial charge in [-0.3, -0.25) is 0 Å². The van der Waals surface area contributed by atoms with Gasteiger partial charge < -0.3 is 10.2 Å². The van der Waals surface area contributed by atoms with E-state index in [4.69, 9.17) is 0 Å². The molecule has 1 saturated heterocycles. The predicted octanol–water partition coefficient (Wildman–Crippen LogP) is 2.38. The lowest BCUT2D eigenvalue weighted by atomic mass is 9.81. The summed E-state index contributed by atoms with van der Waals surface area (Å²) in [6.07, 6.45) is -2.47. The van der Waals surface area contributed by atoms with Crippen LogP contribution < -0.4 is 5.32 Å². The second-order valence-corrected chi connectivity index (χ2v) is 4.94. The normalized spacial score (nSPS) is 30.5. The summed E-state index contributed by atoms with van der Waals surface area (Å²) in [5.74, 6) is -0.899. The molecule has 2 aliphatic rings. The monoisotopic (exact) mass is 250 g/mol. The summed E-state index contributed by atoms with van der Waals surface area (Å²) >= 11 is 0. The molecule has 1 heterocycles. The largest absolute Gasteiger partial charge is 0.391 e. The Morgan fingerprint density at radius 1 is 1.24 bits per heavy atom. The van der Waals surface area contributed by atoms with Crippen molar-refractivity contribution in [3.63, 3.8) is 0 Å². The zero-order valence-corrected chi connectivity index (χ0v) is 9.59. The Bertz CT molecular complexity index is 285. The van der Waals surface area contributed by atoms with Gasteiger partial charge in [-0.25, -0.2) is 4.79 Å². The Morgan fingerprint density at radius 3 is 2.35 bits per heavy atom. The lowest BCUT2D eigenvalue weighted by Crippen LogP contribution is -2.36. The Labute approximate surface area is 98.3 Å². The molecular weight excluding hydrogens is 233 g/mol. The zero-order chi connectivity index (χ0) is 12.5. The maximum Gasteiger partial charge on any atom is 0.391 e. The van der Waals surface area contributed by atoms with Crippen molar-refractivity contribution in [3.8, 4) is 0 Å². The van der Waals surface area contributed by atoms with Gasteiger partial charge in [-0.1, -0.05) is 0 Å². The second-order valence-electron chi connectivity index (χ2n) is 4.94. The summed E-state index contributed by atoms with van der Waals surface area (Å²) in [4.78, 5) is 13.0. The van der Waals surface area contributed by atoms with Crippen LogP contribution in [-0.2, 0) is 0 Å². The third-order valence-electron chi connectivity index (χ3n) is 3.73. The van der Waals surface area contributed by atoms with Crippen molar-refractivity contribution in [2.75, 3.05) is 19.6 Å². The fraction of sp³-hybridized carbons (Fsp3) is 0.909. The first-order valence-electron chi connectivity index (χ1n) is 6.06. The molecule has 1 aliphatic heterocycles. The van der Waals surface area contributed by atoms with Gasteiger partial charge in [-0.15, -0.1) is 0 Å². The van der Waals surface area contributed by atoms with Crippen LogP contribution in [-0.4, -0.2) is 36.7 Å². The number of urea groups is 1. The van der Waals surface area contributed by atoms with E-state index >= 15 is 0 Å². The number of halogens is 3. The van der Waals surface area contributed by atoms with Gasteiger partial charge >= 0.3 is 12.2 Å². The molecule has 6 heteroatoms. The highest BCUT2D eigenvalue weighted by Crippen LogP contribution is 2.39. The van der Waals surface area contributed by atoms with Gasteiger partial charge in [0.15, 0.2) is 0 Å². The Kier molecular flexibility index (Phi) is 3.49. The fourth-order valence-corrected chi connectivity index (χ4v) is 2.67. The molecule has 1 N–H and O–H groups in total. The van der Waals surface area contributed by atoms with Crippen LogP contribution in [0.4, 0.5) is 18.0 Å². The predicted molar refractivity (Wildman–Crippen MR) is 56.5 cm³/mol. The number of hydrogen-bond donors (Lipinski definition) is 1. The number of nitrogens with zero attached hydrogens (tertiary/aromatic N) is 1. The molecule has 1 saturated carbocycles. The number of carbonyl (C=O) groups excluding carboxylic acids is 1. The third-order valence-corrected chi connectivity index (χ3v) is 3.73. The van der Waals surface area contributed by atoms with Crippen LogP contribution in [0.3, 0.4) is 0 Å². The van der Waals surface area contributed by atoms with Crippen molar-refractivity contribution in [2.24, 2.45) is 11.8 Å². The summed E-state index contributed by atoms with van der Waals surface area (Å²) in [5.41, 5.74) is 0. The van der Waals surface area contributed by atoms with E-state index in [0.717, 1.165) is 0 Å². The van der Waals surface area contributed by atoms with Gasteiger partial charge in [0.2, 0.25) is 0 Å².